The fourth-order valence-corrected chi connectivity index (χ4v) is 0.907. The van der Waals surface area contributed by atoms with Crippen LogP contribution >= 0.6 is 0 Å². The van der Waals surface area contributed by atoms with Gasteiger partial charge in [-0.1, -0.05) is 6.92 Å². The van der Waals surface area contributed by atoms with Crippen LogP contribution in [0.2, 0.25) is 0 Å². The van der Waals surface area contributed by atoms with Crippen LogP contribution in [0.25, 0.3) is 0 Å². The monoisotopic (exact) mass is 185 g/mol. The SMILES string of the molecule is CCCOCn1cc(NOC)cn1. The molecule has 0 atom stereocenters. The molecule has 1 heterocycles. The van der Waals surface area contributed by atoms with Gasteiger partial charge in [0, 0.05) is 6.61 Å². The van der Waals surface area contributed by atoms with Gasteiger partial charge in [0.25, 0.3) is 0 Å². The van der Waals surface area contributed by atoms with Crippen LogP contribution in [-0.2, 0) is 16.3 Å². The van der Waals surface area contributed by atoms with Crippen molar-refractivity contribution in [2.45, 2.75) is 20.1 Å². The minimum absolute atomic E-state index is 0.485. The Labute approximate surface area is 77.6 Å². The zero-order valence-corrected chi connectivity index (χ0v) is 7.99. The third kappa shape index (κ3) is 3.43. The van der Waals surface area contributed by atoms with Gasteiger partial charge in [0.1, 0.15) is 6.73 Å². The van der Waals surface area contributed by atoms with E-state index in [1.54, 1.807) is 18.0 Å². The first-order valence-electron chi connectivity index (χ1n) is 4.26. The van der Waals surface area contributed by atoms with Crippen LogP contribution in [0.1, 0.15) is 13.3 Å². The Hall–Kier alpha value is -1.07. The highest BCUT2D eigenvalue weighted by molar-refractivity contribution is 5.34. The lowest BCUT2D eigenvalue weighted by atomic mass is 10.5. The van der Waals surface area contributed by atoms with Crippen molar-refractivity contribution in [3.63, 3.8) is 0 Å². The van der Waals surface area contributed by atoms with Gasteiger partial charge in [-0.05, 0) is 6.42 Å². The Morgan fingerprint density at radius 1 is 1.62 bits per heavy atom. The van der Waals surface area contributed by atoms with Crippen molar-refractivity contribution >= 4 is 5.69 Å². The van der Waals surface area contributed by atoms with E-state index in [-0.39, 0.29) is 0 Å². The number of ether oxygens (including phenoxy) is 1. The molecule has 74 valence electrons. The smallest absolute Gasteiger partial charge is 0.139 e. The van der Waals surface area contributed by atoms with E-state index in [1.165, 1.54) is 0 Å². The van der Waals surface area contributed by atoms with Crippen molar-refractivity contribution < 1.29 is 9.57 Å². The number of anilines is 1. The molecule has 1 N–H and O–H groups in total. The van der Waals surface area contributed by atoms with Gasteiger partial charge in [0.15, 0.2) is 0 Å². The predicted molar refractivity (Wildman–Crippen MR) is 49.1 cm³/mol. The molecule has 13 heavy (non-hydrogen) atoms. The van der Waals surface area contributed by atoms with E-state index >= 15 is 0 Å². The van der Waals surface area contributed by atoms with Crippen LogP contribution in [0.4, 0.5) is 5.69 Å². The van der Waals surface area contributed by atoms with Crippen LogP contribution < -0.4 is 5.48 Å². The summed E-state index contributed by atoms with van der Waals surface area (Å²) >= 11 is 0. The standard InChI is InChI=1S/C8H15N3O2/c1-3-4-13-7-11-6-8(5-9-11)10-12-2/h5-6,10H,3-4,7H2,1-2H3. The van der Waals surface area contributed by atoms with E-state index in [9.17, 15) is 0 Å². The molecular weight excluding hydrogens is 170 g/mol. The van der Waals surface area contributed by atoms with Crippen LogP contribution in [0.15, 0.2) is 12.4 Å². The molecule has 1 rings (SSSR count). The van der Waals surface area contributed by atoms with Crippen molar-refractivity contribution in [1.82, 2.24) is 9.78 Å². The van der Waals surface area contributed by atoms with Crippen molar-refractivity contribution in [2.75, 3.05) is 19.2 Å². The molecule has 0 aliphatic rings. The number of hydrogen-bond acceptors (Lipinski definition) is 4. The third-order valence-electron chi connectivity index (χ3n) is 1.43. The molecule has 0 unspecified atom stereocenters. The highest BCUT2D eigenvalue weighted by Gasteiger charge is 1.96. The molecule has 0 saturated carbocycles. The number of hydrogen-bond donors (Lipinski definition) is 1. The molecule has 5 heteroatoms. The summed E-state index contributed by atoms with van der Waals surface area (Å²) in [5.74, 6) is 0. The molecular formula is C8H15N3O2. The average Bonchev–Trinajstić information content (AvgIpc) is 2.54. The fraction of sp³-hybridized carbons (Fsp3) is 0.625. The molecule has 0 fully saturated rings. The number of nitrogens with one attached hydrogen (secondary N) is 1. The van der Waals surface area contributed by atoms with Crippen molar-refractivity contribution in [3.8, 4) is 0 Å². The number of aromatic nitrogens is 2. The second-order valence-electron chi connectivity index (χ2n) is 2.61. The maximum absolute atomic E-state index is 5.29. The van der Waals surface area contributed by atoms with Crippen molar-refractivity contribution in [1.29, 1.82) is 0 Å². The average molecular weight is 185 g/mol. The Bertz CT molecular complexity index is 237. The zero-order chi connectivity index (χ0) is 9.52. The molecule has 0 aromatic carbocycles. The molecule has 1 aromatic rings. The van der Waals surface area contributed by atoms with Gasteiger partial charge in [0.2, 0.25) is 0 Å². The second kappa shape index (κ2) is 5.55. The van der Waals surface area contributed by atoms with Gasteiger partial charge >= 0.3 is 0 Å². The van der Waals surface area contributed by atoms with Gasteiger partial charge in [0.05, 0.1) is 25.2 Å². The van der Waals surface area contributed by atoms with E-state index in [4.69, 9.17) is 9.57 Å². The molecule has 1 aromatic heterocycles. The van der Waals surface area contributed by atoms with Crippen LogP contribution in [0.3, 0.4) is 0 Å². The van der Waals surface area contributed by atoms with Gasteiger partial charge in [-0.2, -0.15) is 5.10 Å². The normalized spacial score (nSPS) is 10.3. The topological polar surface area (TPSA) is 48.3 Å². The lowest BCUT2D eigenvalue weighted by Gasteiger charge is -2.01. The minimum atomic E-state index is 0.485. The van der Waals surface area contributed by atoms with Crippen molar-refractivity contribution in [3.05, 3.63) is 12.4 Å². The molecule has 0 aliphatic heterocycles. The fourth-order valence-electron chi connectivity index (χ4n) is 0.907. The zero-order valence-electron chi connectivity index (χ0n) is 7.99. The molecule has 0 amide bonds. The second-order valence-corrected chi connectivity index (χ2v) is 2.61. The van der Waals surface area contributed by atoms with Crippen LogP contribution in [0.5, 0.6) is 0 Å². The molecule has 0 radical (unpaired) electrons. The minimum Gasteiger partial charge on any atom is -0.359 e. The van der Waals surface area contributed by atoms with Gasteiger partial charge in [-0.15, -0.1) is 0 Å². The summed E-state index contributed by atoms with van der Waals surface area (Å²) in [6.07, 6.45) is 4.52. The Morgan fingerprint density at radius 3 is 3.15 bits per heavy atom. The Morgan fingerprint density at radius 2 is 2.46 bits per heavy atom. The quantitative estimate of drug-likeness (QED) is 0.535. The largest absolute Gasteiger partial charge is 0.359 e. The van der Waals surface area contributed by atoms with E-state index in [0.717, 1.165) is 18.7 Å². The summed E-state index contributed by atoms with van der Waals surface area (Å²) in [6.45, 7) is 3.31. The summed E-state index contributed by atoms with van der Waals surface area (Å²) in [5, 5.41) is 4.06. The first-order chi connectivity index (χ1) is 6.36. The lowest BCUT2D eigenvalue weighted by Crippen LogP contribution is -2.03. The summed E-state index contributed by atoms with van der Waals surface area (Å²) in [5.41, 5.74) is 3.50. The van der Waals surface area contributed by atoms with Gasteiger partial charge < -0.3 is 4.74 Å². The van der Waals surface area contributed by atoms with E-state index < -0.39 is 0 Å². The van der Waals surface area contributed by atoms with E-state index in [1.807, 2.05) is 6.20 Å². The highest BCUT2D eigenvalue weighted by atomic mass is 16.6. The van der Waals surface area contributed by atoms with Crippen LogP contribution in [0, 0.1) is 0 Å². The van der Waals surface area contributed by atoms with E-state index in [2.05, 4.69) is 17.5 Å². The Balaban J connectivity index is 2.31. The maximum Gasteiger partial charge on any atom is 0.139 e. The number of nitrogens with zero attached hydrogens (tertiary/aromatic N) is 2. The maximum atomic E-state index is 5.29. The third-order valence-corrected chi connectivity index (χ3v) is 1.43. The molecule has 0 saturated heterocycles. The summed E-state index contributed by atoms with van der Waals surface area (Å²) in [4.78, 5) is 4.72. The molecule has 5 nitrogen and oxygen atoms in total. The predicted octanol–water partition coefficient (Wildman–Crippen LogP) is 1.24. The molecule has 0 spiro atoms. The summed E-state index contributed by atoms with van der Waals surface area (Å²) in [6, 6.07) is 0. The van der Waals surface area contributed by atoms with Crippen LogP contribution in [-0.4, -0.2) is 23.5 Å². The summed E-state index contributed by atoms with van der Waals surface area (Å²) in [7, 11) is 1.56. The first-order valence-corrected chi connectivity index (χ1v) is 4.26. The Kier molecular flexibility index (Phi) is 4.28. The summed E-state index contributed by atoms with van der Waals surface area (Å²) < 4.78 is 7.00. The van der Waals surface area contributed by atoms with Crippen molar-refractivity contribution in [2.24, 2.45) is 0 Å². The highest BCUT2D eigenvalue weighted by Crippen LogP contribution is 2.03. The van der Waals surface area contributed by atoms with Gasteiger partial charge in [-0.3, -0.25) is 10.3 Å². The number of rotatable bonds is 6. The first kappa shape index (κ1) is 10.0. The van der Waals surface area contributed by atoms with E-state index in [0.29, 0.717) is 6.73 Å². The lowest BCUT2D eigenvalue weighted by molar-refractivity contribution is 0.0693. The molecule has 0 aliphatic carbocycles. The van der Waals surface area contributed by atoms with Gasteiger partial charge in [-0.25, -0.2) is 4.68 Å². The molecule has 0 bridgehead atoms.